The Morgan fingerprint density at radius 1 is 1.20 bits per heavy atom. The van der Waals surface area contributed by atoms with E-state index in [9.17, 15) is 0 Å². The molecular weight excluding hydrogens is 250 g/mol. The zero-order valence-corrected chi connectivity index (χ0v) is 12.6. The molecule has 0 bridgehead atoms. The van der Waals surface area contributed by atoms with Gasteiger partial charge in [0.2, 0.25) is 5.89 Å². The molecule has 4 heteroatoms. The first-order valence-corrected chi connectivity index (χ1v) is 6.76. The second-order valence-electron chi connectivity index (χ2n) is 6.20. The fourth-order valence-electron chi connectivity index (χ4n) is 2.21. The predicted octanol–water partition coefficient (Wildman–Crippen LogP) is 3.83. The molecule has 2 aromatic heterocycles. The third-order valence-corrected chi connectivity index (χ3v) is 3.60. The van der Waals surface area contributed by atoms with Gasteiger partial charge in [-0.05, 0) is 25.1 Å². The van der Waals surface area contributed by atoms with Gasteiger partial charge < -0.3 is 8.98 Å². The monoisotopic (exact) mass is 269 g/mol. The van der Waals surface area contributed by atoms with Crippen molar-refractivity contribution in [3.8, 4) is 11.5 Å². The quantitative estimate of drug-likeness (QED) is 0.674. The summed E-state index contributed by atoms with van der Waals surface area (Å²) in [5, 5.41) is 0. The van der Waals surface area contributed by atoms with Gasteiger partial charge in [0.15, 0.2) is 0 Å². The molecule has 3 rings (SSSR count). The van der Waals surface area contributed by atoms with Crippen LogP contribution in [0.25, 0.3) is 22.5 Å². The van der Waals surface area contributed by atoms with Crippen molar-refractivity contribution in [2.75, 3.05) is 0 Å². The van der Waals surface area contributed by atoms with E-state index in [4.69, 9.17) is 4.42 Å². The van der Waals surface area contributed by atoms with Crippen LogP contribution in [-0.4, -0.2) is 14.5 Å². The Morgan fingerprint density at radius 3 is 2.60 bits per heavy atom. The third-order valence-electron chi connectivity index (χ3n) is 3.60. The van der Waals surface area contributed by atoms with E-state index in [-0.39, 0.29) is 5.41 Å². The summed E-state index contributed by atoms with van der Waals surface area (Å²) < 4.78 is 7.95. The van der Waals surface area contributed by atoms with Gasteiger partial charge >= 0.3 is 0 Å². The van der Waals surface area contributed by atoms with Crippen LogP contribution in [0.1, 0.15) is 32.4 Å². The molecular formula is C16H19N3O. The maximum absolute atomic E-state index is 5.87. The lowest BCUT2D eigenvalue weighted by molar-refractivity contribution is 0.416. The standard InChI is InChI=1S/C16H19N3O/c1-10-18-12-8-11(6-7-13(12)19(10)5)15-17-9-14(20-15)16(2,3)4/h6-9H,1-5H3. The van der Waals surface area contributed by atoms with Crippen molar-refractivity contribution < 1.29 is 4.42 Å². The molecule has 0 amide bonds. The van der Waals surface area contributed by atoms with Crippen LogP contribution in [0.15, 0.2) is 28.8 Å². The number of hydrogen-bond donors (Lipinski definition) is 0. The van der Waals surface area contributed by atoms with E-state index in [2.05, 4.69) is 41.4 Å². The molecule has 3 aromatic rings. The van der Waals surface area contributed by atoms with Crippen molar-refractivity contribution in [1.82, 2.24) is 14.5 Å². The van der Waals surface area contributed by atoms with Gasteiger partial charge in [-0.2, -0.15) is 0 Å². The van der Waals surface area contributed by atoms with Crippen LogP contribution in [0, 0.1) is 6.92 Å². The number of nitrogens with zero attached hydrogens (tertiary/aromatic N) is 3. The smallest absolute Gasteiger partial charge is 0.226 e. The lowest BCUT2D eigenvalue weighted by Crippen LogP contribution is -2.09. The molecule has 0 atom stereocenters. The fourth-order valence-corrected chi connectivity index (χ4v) is 2.21. The number of aromatic nitrogens is 3. The second kappa shape index (κ2) is 4.20. The first-order chi connectivity index (χ1) is 9.36. The van der Waals surface area contributed by atoms with Crippen LogP contribution < -0.4 is 0 Å². The summed E-state index contributed by atoms with van der Waals surface area (Å²) in [5.41, 5.74) is 3.02. The highest BCUT2D eigenvalue weighted by atomic mass is 16.4. The molecule has 0 aliphatic rings. The van der Waals surface area contributed by atoms with Gasteiger partial charge in [0, 0.05) is 18.0 Å². The van der Waals surface area contributed by atoms with Crippen LogP contribution in [-0.2, 0) is 12.5 Å². The van der Waals surface area contributed by atoms with Crippen LogP contribution in [0.4, 0.5) is 0 Å². The van der Waals surface area contributed by atoms with Crippen molar-refractivity contribution in [2.24, 2.45) is 7.05 Å². The lowest BCUT2D eigenvalue weighted by Gasteiger charge is -2.13. The van der Waals surface area contributed by atoms with Gasteiger partial charge in [-0.15, -0.1) is 0 Å². The van der Waals surface area contributed by atoms with Gasteiger partial charge in [-0.1, -0.05) is 20.8 Å². The minimum atomic E-state index is -0.0308. The summed E-state index contributed by atoms with van der Waals surface area (Å²) >= 11 is 0. The number of aryl methyl sites for hydroxylation is 2. The van der Waals surface area contributed by atoms with Gasteiger partial charge in [0.25, 0.3) is 0 Å². The Balaban J connectivity index is 2.08. The highest BCUT2D eigenvalue weighted by Gasteiger charge is 2.20. The predicted molar refractivity (Wildman–Crippen MR) is 79.6 cm³/mol. The Labute approximate surface area is 118 Å². The Morgan fingerprint density at radius 2 is 1.95 bits per heavy atom. The third kappa shape index (κ3) is 2.01. The Bertz CT molecular complexity index is 775. The molecule has 0 saturated heterocycles. The zero-order valence-electron chi connectivity index (χ0n) is 12.6. The fraction of sp³-hybridized carbons (Fsp3) is 0.375. The minimum absolute atomic E-state index is 0.0308. The normalized spacial score (nSPS) is 12.2. The topological polar surface area (TPSA) is 43.9 Å². The van der Waals surface area contributed by atoms with Gasteiger partial charge in [-0.3, -0.25) is 0 Å². The summed E-state index contributed by atoms with van der Waals surface area (Å²) in [4.78, 5) is 8.94. The summed E-state index contributed by atoms with van der Waals surface area (Å²) in [6, 6.07) is 6.12. The number of rotatable bonds is 1. The number of benzene rings is 1. The molecule has 0 unspecified atom stereocenters. The van der Waals surface area contributed by atoms with Crippen LogP contribution >= 0.6 is 0 Å². The largest absolute Gasteiger partial charge is 0.441 e. The van der Waals surface area contributed by atoms with E-state index in [1.54, 1.807) is 0 Å². The van der Waals surface area contributed by atoms with Crippen LogP contribution in [0.2, 0.25) is 0 Å². The number of imidazole rings is 1. The van der Waals surface area contributed by atoms with Gasteiger partial charge in [-0.25, -0.2) is 9.97 Å². The van der Waals surface area contributed by atoms with E-state index in [0.717, 1.165) is 28.2 Å². The van der Waals surface area contributed by atoms with Crippen molar-refractivity contribution >= 4 is 11.0 Å². The van der Waals surface area contributed by atoms with E-state index >= 15 is 0 Å². The summed E-state index contributed by atoms with van der Waals surface area (Å²) in [7, 11) is 2.02. The second-order valence-corrected chi connectivity index (χ2v) is 6.20. The molecule has 0 aliphatic heterocycles. The van der Waals surface area contributed by atoms with Crippen LogP contribution in [0.5, 0.6) is 0 Å². The zero-order chi connectivity index (χ0) is 14.5. The highest BCUT2D eigenvalue weighted by Crippen LogP contribution is 2.28. The molecule has 0 spiro atoms. The molecule has 20 heavy (non-hydrogen) atoms. The average Bonchev–Trinajstić information content (AvgIpc) is 2.95. The number of fused-ring (bicyclic) bond motifs is 1. The molecule has 104 valence electrons. The highest BCUT2D eigenvalue weighted by molar-refractivity contribution is 5.80. The van der Waals surface area contributed by atoms with Crippen molar-refractivity contribution in [3.05, 3.63) is 36.0 Å². The first kappa shape index (κ1) is 12.9. The van der Waals surface area contributed by atoms with Gasteiger partial charge in [0.05, 0.1) is 17.2 Å². The molecule has 4 nitrogen and oxygen atoms in total. The van der Waals surface area contributed by atoms with E-state index in [1.807, 2.05) is 32.3 Å². The van der Waals surface area contributed by atoms with E-state index in [1.165, 1.54) is 0 Å². The van der Waals surface area contributed by atoms with E-state index < -0.39 is 0 Å². The molecule has 1 aromatic carbocycles. The molecule has 0 radical (unpaired) electrons. The first-order valence-electron chi connectivity index (χ1n) is 6.76. The van der Waals surface area contributed by atoms with Gasteiger partial charge in [0.1, 0.15) is 11.6 Å². The Kier molecular flexibility index (Phi) is 2.71. The van der Waals surface area contributed by atoms with E-state index in [0.29, 0.717) is 5.89 Å². The number of hydrogen-bond acceptors (Lipinski definition) is 3. The Hall–Kier alpha value is -2.10. The van der Waals surface area contributed by atoms with Crippen LogP contribution in [0.3, 0.4) is 0 Å². The average molecular weight is 269 g/mol. The molecule has 2 heterocycles. The summed E-state index contributed by atoms with van der Waals surface area (Å²) in [6.45, 7) is 8.34. The van der Waals surface area contributed by atoms with Crippen molar-refractivity contribution in [3.63, 3.8) is 0 Å². The maximum atomic E-state index is 5.87. The van der Waals surface area contributed by atoms with Crippen molar-refractivity contribution in [2.45, 2.75) is 33.1 Å². The molecule has 0 N–H and O–H groups in total. The molecule has 0 aliphatic carbocycles. The summed E-state index contributed by atoms with van der Waals surface area (Å²) in [6.07, 6.45) is 1.81. The maximum Gasteiger partial charge on any atom is 0.226 e. The summed E-state index contributed by atoms with van der Waals surface area (Å²) in [5.74, 6) is 2.55. The van der Waals surface area contributed by atoms with Crippen molar-refractivity contribution in [1.29, 1.82) is 0 Å². The molecule has 0 saturated carbocycles. The molecule has 0 fully saturated rings. The minimum Gasteiger partial charge on any atom is -0.441 e. The number of oxazole rings is 1. The SMILES string of the molecule is Cc1nc2cc(-c3ncc(C(C)(C)C)o3)ccc2n1C. The lowest BCUT2D eigenvalue weighted by atomic mass is 9.94.